The van der Waals surface area contributed by atoms with E-state index in [4.69, 9.17) is 15.7 Å². The summed E-state index contributed by atoms with van der Waals surface area (Å²) >= 11 is 3.28. The number of nitrogens with zero attached hydrogens (tertiary/aromatic N) is 1. The normalized spacial score (nSPS) is 9.71. The van der Waals surface area contributed by atoms with E-state index in [1.807, 2.05) is 6.07 Å². The Labute approximate surface area is 130 Å². The number of ether oxygens (including phenoxy) is 1. The maximum atomic E-state index is 12.1. The topological polar surface area (TPSA) is 88.1 Å². The average Bonchev–Trinajstić information content (AvgIpc) is 2.48. The first kappa shape index (κ1) is 14.9. The molecule has 0 spiro atoms. The summed E-state index contributed by atoms with van der Waals surface area (Å²) in [5, 5.41) is 11.2. The molecule has 0 unspecified atom stereocenters. The summed E-state index contributed by atoms with van der Waals surface area (Å²) in [5.74, 6) is 0.265. The smallest absolute Gasteiger partial charge is 0.255 e. The van der Waals surface area contributed by atoms with Crippen molar-refractivity contribution in [3.63, 3.8) is 0 Å². The first-order valence-electron chi connectivity index (χ1n) is 6.06. The van der Waals surface area contributed by atoms with E-state index < -0.39 is 0 Å². The van der Waals surface area contributed by atoms with Crippen molar-refractivity contribution in [2.75, 3.05) is 17.7 Å². The Morgan fingerprint density at radius 2 is 2.14 bits per heavy atom. The number of nitrogens with one attached hydrogen (secondary N) is 1. The van der Waals surface area contributed by atoms with Crippen LogP contribution in [0.3, 0.4) is 0 Å². The number of nitriles is 1. The van der Waals surface area contributed by atoms with Gasteiger partial charge >= 0.3 is 0 Å². The third-order valence-electron chi connectivity index (χ3n) is 2.66. The molecule has 1 amide bonds. The van der Waals surface area contributed by atoms with E-state index in [-0.39, 0.29) is 12.5 Å². The highest BCUT2D eigenvalue weighted by Crippen LogP contribution is 2.22. The van der Waals surface area contributed by atoms with Crippen LogP contribution in [0.15, 0.2) is 46.9 Å². The Morgan fingerprint density at radius 3 is 2.86 bits per heavy atom. The number of nitrogens with two attached hydrogens (primary N) is 1. The number of anilines is 2. The summed E-state index contributed by atoms with van der Waals surface area (Å²) in [7, 11) is 0. The van der Waals surface area contributed by atoms with E-state index in [1.54, 1.807) is 42.5 Å². The van der Waals surface area contributed by atoms with Gasteiger partial charge in [0.1, 0.15) is 11.8 Å². The Balaban J connectivity index is 2.12. The summed E-state index contributed by atoms with van der Waals surface area (Å²) in [6.45, 7) is -0.0394. The lowest BCUT2D eigenvalue weighted by molar-refractivity contribution is 0.102. The predicted octanol–water partition coefficient (Wildman–Crippen LogP) is 3.19. The van der Waals surface area contributed by atoms with Crippen molar-refractivity contribution >= 4 is 33.2 Å². The molecule has 2 rings (SSSR count). The lowest BCUT2D eigenvalue weighted by Gasteiger charge is -2.08. The molecule has 2 aromatic rings. The van der Waals surface area contributed by atoms with Gasteiger partial charge in [-0.2, -0.15) is 5.26 Å². The molecular formula is C15H12BrN3O2. The maximum Gasteiger partial charge on any atom is 0.255 e. The van der Waals surface area contributed by atoms with Gasteiger partial charge in [-0.05, 0) is 46.3 Å². The molecule has 5 nitrogen and oxygen atoms in total. The molecule has 0 aromatic heterocycles. The Hall–Kier alpha value is -2.52. The third-order valence-corrected chi connectivity index (χ3v) is 3.34. The quantitative estimate of drug-likeness (QED) is 0.833. The van der Waals surface area contributed by atoms with Gasteiger partial charge in [-0.1, -0.05) is 6.07 Å². The van der Waals surface area contributed by atoms with Gasteiger partial charge in [0.25, 0.3) is 5.91 Å². The van der Waals surface area contributed by atoms with Crippen LogP contribution < -0.4 is 15.8 Å². The molecule has 0 aliphatic heterocycles. The van der Waals surface area contributed by atoms with E-state index >= 15 is 0 Å². The van der Waals surface area contributed by atoms with Crippen LogP contribution in [0.2, 0.25) is 0 Å². The molecule has 0 radical (unpaired) electrons. The van der Waals surface area contributed by atoms with Crippen molar-refractivity contribution in [2.45, 2.75) is 0 Å². The van der Waals surface area contributed by atoms with Gasteiger partial charge in [0.05, 0.1) is 0 Å². The molecule has 0 aliphatic carbocycles. The summed E-state index contributed by atoms with van der Waals surface area (Å²) in [4.78, 5) is 12.1. The van der Waals surface area contributed by atoms with E-state index in [0.717, 1.165) is 0 Å². The minimum absolute atomic E-state index is 0.0394. The zero-order valence-electron chi connectivity index (χ0n) is 11.0. The number of rotatable bonds is 4. The van der Waals surface area contributed by atoms with Crippen molar-refractivity contribution < 1.29 is 9.53 Å². The zero-order chi connectivity index (χ0) is 15.2. The SMILES string of the molecule is N#CCOc1cccc(NC(=O)c2ccc(N)c(Br)c2)c1. The number of amides is 1. The molecular weight excluding hydrogens is 334 g/mol. The number of hydrogen-bond acceptors (Lipinski definition) is 4. The van der Waals surface area contributed by atoms with Crippen LogP contribution >= 0.6 is 15.9 Å². The second-order valence-corrected chi connectivity index (χ2v) is 5.02. The summed E-state index contributed by atoms with van der Waals surface area (Å²) < 4.78 is 5.85. The van der Waals surface area contributed by atoms with Crippen molar-refractivity contribution in [1.29, 1.82) is 5.26 Å². The number of halogens is 1. The molecule has 0 bridgehead atoms. The fourth-order valence-corrected chi connectivity index (χ4v) is 2.03. The zero-order valence-corrected chi connectivity index (χ0v) is 12.6. The molecule has 0 saturated carbocycles. The third kappa shape index (κ3) is 3.97. The minimum atomic E-state index is -0.256. The van der Waals surface area contributed by atoms with Crippen LogP contribution in [-0.4, -0.2) is 12.5 Å². The average molecular weight is 346 g/mol. The van der Waals surface area contributed by atoms with Gasteiger partial charge in [-0.3, -0.25) is 4.79 Å². The van der Waals surface area contributed by atoms with Crippen molar-refractivity contribution in [1.82, 2.24) is 0 Å². The Kier molecular flexibility index (Phi) is 4.80. The number of nitrogen functional groups attached to an aromatic ring is 1. The molecule has 106 valence electrons. The Bertz CT molecular complexity index is 710. The summed E-state index contributed by atoms with van der Waals surface area (Å²) in [6, 6.07) is 13.7. The number of carbonyl (C=O) groups excluding carboxylic acids is 1. The van der Waals surface area contributed by atoms with Gasteiger partial charge in [0.2, 0.25) is 0 Å². The van der Waals surface area contributed by atoms with Gasteiger partial charge in [-0.15, -0.1) is 0 Å². The second-order valence-electron chi connectivity index (χ2n) is 4.17. The minimum Gasteiger partial charge on any atom is -0.479 e. The molecule has 0 atom stereocenters. The Morgan fingerprint density at radius 1 is 1.33 bits per heavy atom. The highest BCUT2D eigenvalue weighted by molar-refractivity contribution is 9.10. The molecule has 2 aromatic carbocycles. The second kappa shape index (κ2) is 6.77. The molecule has 0 saturated heterocycles. The number of hydrogen-bond donors (Lipinski definition) is 2. The fraction of sp³-hybridized carbons (Fsp3) is 0.0667. The van der Waals surface area contributed by atoms with Crippen LogP contribution in [-0.2, 0) is 0 Å². The molecule has 0 fully saturated rings. The van der Waals surface area contributed by atoms with Crippen LogP contribution in [0.1, 0.15) is 10.4 Å². The van der Waals surface area contributed by atoms with Crippen LogP contribution in [0.4, 0.5) is 11.4 Å². The number of benzene rings is 2. The van der Waals surface area contributed by atoms with Gasteiger partial charge < -0.3 is 15.8 Å². The largest absolute Gasteiger partial charge is 0.479 e. The molecule has 0 aliphatic rings. The van der Waals surface area contributed by atoms with Crippen LogP contribution in [0, 0.1) is 11.3 Å². The molecule has 21 heavy (non-hydrogen) atoms. The molecule has 6 heteroatoms. The highest BCUT2D eigenvalue weighted by atomic mass is 79.9. The monoisotopic (exact) mass is 345 g/mol. The van der Waals surface area contributed by atoms with Crippen molar-refractivity contribution in [2.24, 2.45) is 0 Å². The van der Waals surface area contributed by atoms with Crippen molar-refractivity contribution in [3.8, 4) is 11.8 Å². The standard InChI is InChI=1S/C15H12BrN3O2/c16-13-8-10(4-5-14(13)18)15(20)19-11-2-1-3-12(9-11)21-7-6-17/h1-5,8-9H,7,18H2,(H,19,20). The summed E-state index contributed by atoms with van der Waals surface area (Å²) in [5.41, 5.74) is 7.33. The predicted molar refractivity (Wildman–Crippen MR) is 84.1 cm³/mol. The van der Waals surface area contributed by atoms with Crippen molar-refractivity contribution in [3.05, 3.63) is 52.5 Å². The van der Waals surface area contributed by atoms with Gasteiger partial charge in [0.15, 0.2) is 6.61 Å². The van der Waals surface area contributed by atoms with Gasteiger partial charge in [0, 0.05) is 27.5 Å². The lowest BCUT2D eigenvalue weighted by Crippen LogP contribution is -2.12. The first-order chi connectivity index (χ1) is 10.1. The number of carbonyl (C=O) groups is 1. The molecule has 0 heterocycles. The van der Waals surface area contributed by atoms with E-state index in [1.165, 1.54) is 0 Å². The highest BCUT2D eigenvalue weighted by Gasteiger charge is 2.08. The van der Waals surface area contributed by atoms with E-state index in [2.05, 4.69) is 21.2 Å². The van der Waals surface area contributed by atoms with Crippen LogP contribution in [0.25, 0.3) is 0 Å². The molecule has 3 N–H and O–H groups in total. The maximum absolute atomic E-state index is 12.1. The van der Waals surface area contributed by atoms with Gasteiger partial charge in [-0.25, -0.2) is 0 Å². The van der Waals surface area contributed by atoms with E-state index in [0.29, 0.717) is 27.2 Å². The van der Waals surface area contributed by atoms with E-state index in [9.17, 15) is 4.79 Å². The first-order valence-corrected chi connectivity index (χ1v) is 6.85. The summed E-state index contributed by atoms with van der Waals surface area (Å²) in [6.07, 6.45) is 0. The lowest BCUT2D eigenvalue weighted by atomic mass is 10.2. The fourth-order valence-electron chi connectivity index (χ4n) is 1.65. The van der Waals surface area contributed by atoms with Crippen LogP contribution in [0.5, 0.6) is 5.75 Å².